The van der Waals surface area contributed by atoms with Crippen molar-refractivity contribution in [2.24, 2.45) is 5.41 Å². The summed E-state index contributed by atoms with van der Waals surface area (Å²) >= 11 is 0. The van der Waals surface area contributed by atoms with Crippen LogP contribution in [0.3, 0.4) is 0 Å². The molecule has 1 atom stereocenters. The van der Waals surface area contributed by atoms with Gasteiger partial charge in [0.15, 0.2) is 0 Å². The fourth-order valence-corrected chi connectivity index (χ4v) is 3.89. The molecule has 3 heterocycles. The number of rotatable bonds is 3. The van der Waals surface area contributed by atoms with Crippen molar-refractivity contribution in [3.8, 4) is 0 Å². The van der Waals surface area contributed by atoms with Crippen molar-refractivity contribution in [2.75, 3.05) is 26.7 Å². The third kappa shape index (κ3) is 2.86. The number of aromatic nitrogens is 2. The number of nitrogens with one attached hydrogen (secondary N) is 1. The Hall–Kier alpha value is -1.85. The van der Waals surface area contributed by atoms with Crippen LogP contribution in [0.1, 0.15) is 42.6 Å². The molecule has 2 aliphatic heterocycles. The van der Waals surface area contributed by atoms with Gasteiger partial charge in [-0.25, -0.2) is 0 Å². The van der Waals surface area contributed by atoms with Crippen LogP contribution in [0.5, 0.6) is 0 Å². The van der Waals surface area contributed by atoms with Crippen molar-refractivity contribution in [2.45, 2.75) is 46.0 Å². The van der Waals surface area contributed by atoms with Crippen LogP contribution in [0, 0.1) is 19.3 Å². The number of aromatic amines is 1. The van der Waals surface area contributed by atoms with E-state index in [0.29, 0.717) is 25.9 Å². The summed E-state index contributed by atoms with van der Waals surface area (Å²) in [7, 11) is 1.87. The Morgan fingerprint density at radius 3 is 2.78 bits per heavy atom. The first-order valence-corrected chi connectivity index (χ1v) is 8.47. The number of aryl methyl sites for hydroxylation is 2. The molecule has 6 nitrogen and oxygen atoms in total. The SMILES string of the molecule is Cc1[nH]nc(CCC(=O)N2CC[C@@]3(CCCN(C)C3=O)C2)c1C. The summed E-state index contributed by atoms with van der Waals surface area (Å²) in [4.78, 5) is 28.7. The van der Waals surface area contributed by atoms with E-state index in [0.717, 1.165) is 42.8 Å². The Bertz CT molecular complexity index is 624. The number of likely N-dealkylation sites (tertiary alicyclic amines) is 2. The van der Waals surface area contributed by atoms with Crippen molar-refractivity contribution >= 4 is 11.8 Å². The molecule has 0 bridgehead atoms. The molecule has 2 amide bonds. The molecule has 0 saturated carbocycles. The molecule has 2 aliphatic rings. The lowest BCUT2D eigenvalue weighted by Crippen LogP contribution is -2.48. The van der Waals surface area contributed by atoms with Gasteiger partial charge in [0.1, 0.15) is 0 Å². The summed E-state index contributed by atoms with van der Waals surface area (Å²) in [6.45, 7) is 6.15. The fraction of sp³-hybridized carbons (Fsp3) is 0.706. The van der Waals surface area contributed by atoms with Crippen LogP contribution in [0.25, 0.3) is 0 Å². The smallest absolute Gasteiger partial charge is 0.230 e. The Labute approximate surface area is 137 Å². The van der Waals surface area contributed by atoms with Crippen molar-refractivity contribution < 1.29 is 9.59 Å². The summed E-state index contributed by atoms with van der Waals surface area (Å²) < 4.78 is 0. The summed E-state index contributed by atoms with van der Waals surface area (Å²) in [6.07, 6.45) is 3.88. The van der Waals surface area contributed by atoms with E-state index in [-0.39, 0.29) is 17.2 Å². The Morgan fingerprint density at radius 2 is 2.09 bits per heavy atom. The first-order valence-electron chi connectivity index (χ1n) is 8.47. The molecule has 1 N–H and O–H groups in total. The Balaban J connectivity index is 1.59. The van der Waals surface area contributed by atoms with E-state index in [4.69, 9.17) is 0 Å². The standard InChI is InChI=1S/C17H26N4O2/c1-12-13(2)18-19-14(12)5-6-15(22)21-10-8-17(11-21)7-4-9-20(3)16(17)23/h4-11H2,1-3H3,(H,18,19)/t17-/m0/s1. The molecule has 0 unspecified atom stereocenters. The monoisotopic (exact) mass is 318 g/mol. The van der Waals surface area contributed by atoms with Crippen LogP contribution >= 0.6 is 0 Å². The number of hydrogen-bond acceptors (Lipinski definition) is 3. The lowest BCUT2D eigenvalue weighted by Gasteiger charge is -2.37. The molecule has 6 heteroatoms. The van der Waals surface area contributed by atoms with Crippen LogP contribution in [0.4, 0.5) is 0 Å². The molecule has 126 valence electrons. The Kier molecular flexibility index (Phi) is 4.17. The summed E-state index contributed by atoms with van der Waals surface area (Å²) in [5.41, 5.74) is 2.85. The highest BCUT2D eigenvalue weighted by molar-refractivity contribution is 5.86. The molecule has 23 heavy (non-hydrogen) atoms. The van der Waals surface area contributed by atoms with Gasteiger partial charge in [0.25, 0.3) is 0 Å². The number of nitrogens with zero attached hydrogens (tertiary/aromatic N) is 3. The topological polar surface area (TPSA) is 69.3 Å². The maximum absolute atomic E-state index is 12.5. The fourth-order valence-electron chi connectivity index (χ4n) is 3.89. The van der Waals surface area contributed by atoms with Crippen LogP contribution in [0.15, 0.2) is 0 Å². The molecule has 2 saturated heterocycles. The first kappa shape index (κ1) is 16.0. The van der Waals surface area contributed by atoms with E-state index in [9.17, 15) is 9.59 Å². The predicted octanol–water partition coefficient (Wildman–Crippen LogP) is 1.43. The first-order chi connectivity index (χ1) is 10.9. The molecule has 1 spiro atoms. The average molecular weight is 318 g/mol. The largest absolute Gasteiger partial charge is 0.345 e. The van der Waals surface area contributed by atoms with E-state index >= 15 is 0 Å². The van der Waals surface area contributed by atoms with Gasteiger partial charge in [-0.3, -0.25) is 14.7 Å². The van der Waals surface area contributed by atoms with E-state index < -0.39 is 0 Å². The summed E-state index contributed by atoms with van der Waals surface area (Å²) in [5.74, 6) is 0.362. The summed E-state index contributed by atoms with van der Waals surface area (Å²) in [5, 5.41) is 7.23. The van der Waals surface area contributed by atoms with Crippen molar-refractivity contribution in [3.05, 3.63) is 17.0 Å². The molecule has 1 aromatic rings. The lowest BCUT2D eigenvalue weighted by molar-refractivity contribution is -0.144. The second-order valence-electron chi connectivity index (χ2n) is 7.10. The van der Waals surface area contributed by atoms with E-state index in [1.807, 2.05) is 30.7 Å². The molecule has 2 fully saturated rings. The number of hydrogen-bond donors (Lipinski definition) is 1. The average Bonchev–Trinajstić information content (AvgIpc) is 3.09. The number of piperidine rings is 1. The van der Waals surface area contributed by atoms with Crippen LogP contribution < -0.4 is 0 Å². The highest BCUT2D eigenvalue weighted by Gasteiger charge is 2.48. The molecule has 0 aliphatic carbocycles. The van der Waals surface area contributed by atoms with Gasteiger partial charge < -0.3 is 9.80 Å². The van der Waals surface area contributed by atoms with E-state index in [1.165, 1.54) is 0 Å². The maximum atomic E-state index is 12.5. The third-order valence-electron chi connectivity index (χ3n) is 5.59. The van der Waals surface area contributed by atoms with Gasteiger partial charge in [-0.1, -0.05) is 0 Å². The van der Waals surface area contributed by atoms with Gasteiger partial charge in [-0.15, -0.1) is 0 Å². The number of carbonyl (C=O) groups is 2. The highest BCUT2D eigenvalue weighted by atomic mass is 16.2. The van der Waals surface area contributed by atoms with Crippen molar-refractivity contribution in [1.29, 1.82) is 0 Å². The zero-order valence-corrected chi connectivity index (χ0v) is 14.3. The molecule has 0 aromatic carbocycles. The molecular weight excluding hydrogens is 292 g/mol. The van der Waals surface area contributed by atoms with Crippen LogP contribution in [-0.2, 0) is 16.0 Å². The maximum Gasteiger partial charge on any atom is 0.230 e. The highest BCUT2D eigenvalue weighted by Crippen LogP contribution is 2.39. The minimum atomic E-state index is -0.318. The normalized spacial score (nSPS) is 24.7. The summed E-state index contributed by atoms with van der Waals surface area (Å²) in [6, 6.07) is 0. The Morgan fingerprint density at radius 1 is 1.30 bits per heavy atom. The van der Waals surface area contributed by atoms with Gasteiger partial charge in [-0.2, -0.15) is 5.10 Å². The van der Waals surface area contributed by atoms with Crippen molar-refractivity contribution in [3.63, 3.8) is 0 Å². The number of amides is 2. The van der Waals surface area contributed by atoms with Gasteiger partial charge in [-0.05, 0) is 38.7 Å². The third-order valence-corrected chi connectivity index (χ3v) is 5.59. The van der Waals surface area contributed by atoms with Crippen LogP contribution in [-0.4, -0.2) is 58.5 Å². The van der Waals surface area contributed by atoms with Gasteiger partial charge >= 0.3 is 0 Å². The van der Waals surface area contributed by atoms with E-state index in [2.05, 4.69) is 10.2 Å². The molecular formula is C17H26N4O2. The van der Waals surface area contributed by atoms with Crippen molar-refractivity contribution in [1.82, 2.24) is 20.0 Å². The lowest BCUT2D eigenvalue weighted by atomic mass is 9.78. The molecule has 1 aromatic heterocycles. The van der Waals surface area contributed by atoms with Gasteiger partial charge in [0.2, 0.25) is 11.8 Å². The molecule has 3 rings (SSSR count). The number of H-pyrrole nitrogens is 1. The quantitative estimate of drug-likeness (QED) is 0.916. The minimum Gasteiger partial charge on any atom is -0.345 e. The van der Waals surface area contributed by atoms with Crippen LogP contribution in [0.2, 0.25) is 0 Å². The van der Waals surface area contributed by atoms with Gasteiger partial charge in [0, 0.05) is 45.2 Å². The second kappa shape index (κ2) is 5.98. The zero-order chi connectivity index (χ0) is 16.6. The number of carbonyl (C=O) groups excluding carboxylic acids is 2. The zero-order valence-electron chi connectivity index (χ0n) is 14.3. The van der Waals surface area contributed by atoms with E-state index in [1.54, 1.807) is 0 Å². The second-order valence-corrected chi connectivity index (χ2v) is 7.10. The predicted molar refractivity (Wildman–Crippen MR) is 86.9 cm³/mol. The molecule has 0 radical (unpaired) electrons. The minimum absolute atomic E-state index is 0.142. The van der Waals surface area contributed by atoms with Gasteiger partial charge in [0.05, 0.1) is 11.1 Å².